The van der Waals surface area contributed by atoms with Crippen LogP contribution in [0.25, 0.3) is 0 Å². The standard InChI is InChI=1S/C16H25NO2/c1-3-13(2)19-12-16(11-18,17-15-9-10-15)14-7-5-4-6-8-14/h4-8,13,15,17-18H,3,9-12H2,1-2H3. The lowest BCUT2D eigenvalue weighted by Crippen LogP contribution is -2.51. The van der Waals surface area contributed by atoms with Crippen LogP contribution in [-0.2, 0) is 10.3 Å². The van der Waals surface area contributed by atoms with Gasteiger partial charge in [-0.25, -0.2) is 0 Å². The maximum atomic E-state index is 9.95. The van der Waals surface area contributed by atoms with Crippen molar-refractivity contribution in [1.29, 1.82) is 0 Å². The Labute approximate surface area is 116 Å². The largest absolute Gasteiger partial charge is 0.394 e. The molecule has 0 heterocycles. The van der Waals surface area contributed by atoms with Crippen LogP contribution in [0.3, 0.4) is 0 Å². The van der Waals surface area contributed by atoms with Crippen molar-refractivity contribution >= 4 is 0 Å². The highest BCUT2D eigenvalue weighted by molar-refractivity contribution is 5.25. The lowest BCUT2D eigenvalue weighted by Gasteiger charge is -2.34. The summed E-state index contributed by atoms with van der Waals surface area (Å²) >= 11 is 0. The van der Waals surface area contributed by atoms with Gasteiger partial charge >= 0.3 is 0 Å². The average molecular weight is 263 g/mol. The van der Waals surface area contributed by atoms with Crippen molar-refractivity contribution in [3.05, 3.63) is 35.9 Å². The van der Waals surface area contributed by atoms with E-state index in [2.05, 4.69) is 31.3 Å². The second kappa shape index (κ2) is 6.51. The molecule has 2 N–H and O–H groups in total. The molecule has 2 atom stereocenters. The monoisotopic (exact) mass is 263 g/mol. The van der Waals surface area contributed by atoms with Crippen LogP contribution in [-0.4, -0.2) is 30.5 Å². The van der Waals surface area contributed by atoms with Gasteiger partial charge < -0.3 is 15.2 Å². The van der Waals surface area contributed by atoms with Crippen molar-refractivity contribution in [2.75, 3.05) is 13.2 Å². The molecule has 3 heteroatoms. The predicted octanol–water partition coefficient (Wildman–Crippen LogP) is 2.44. The van der Waals surface area contributed by atoms with Gasteiger partial charge in [0.25, 0.3) is 0 Å². The van der Waals surface area contributed by atoms with Crippen LogP contribution in [0.5, 0.6) is 0 Å². The molecule has 0 aromatic heterocycles. The molecular weight excluding hydrogens is 238 g/mol. The van der Waals surface area contributed by atoms with Crippen LogP contribution < -0.4 is 5.32 Å². The summed E-state index contributed by atoms with van der Waals surface area (Å²) in [4.78, 5) is 0. The third kappa shape index (κ3) is 3.78. The molecule has 3 nitrogen and oxygen atoms in total. The number of aliphatic hydroxyl groups excluding tert-OH is 1. The van der Waals surface area contributed by atoms with Crippen molar-refractivity contribution in [2.45, 2.75) is 50.8 Å². The van der Waals surface area contributed by atoms with E-state index in [-0.39, 0.29) is 12.7 Å². The molecule has 1 aromatic rings. The zero-order valence-corrected chi connectivity index (χ0v) is 11.9. The second-order valence-electron chi connectivity index (χ2n) is 5.55. The molecule has 19 heavy (non-hydrogen) atoms. The highest BCUT2D eigenvalue weighted by atomic mass is 16.5. The van der Waals surface area contributed by atoms with Gasteiger partial charge in [-0.15, -0.1) is 0 Å². The van der Waals surface area contributed by atoms with Crippen LogP contribution >= 0.6 is 0 Å². The molecule has 1 aliphatic rings. The number of ether oxygens (including phenoxy) is 1. The Morgan fingerprint density at radius 2 is 2.05 bits per heavy atom. The number of benzene rings is 1. The molecule has 1 saturated carbocycles. The van der Waals surface area contributed by atoms with Gasteiger partial charge in [0, 0.05) is 6.04 Å². The predicted molar refractivity (Wildman–Crippen MR) is 77.1 cm³/mol. The van der Waals surface area contributed by atoms with Crippen molar-refractivity contribution in [3.8, 4) is 0 Å². The summed E-state index contributed by atoms with van der Waals surface area (Å²) < 4.78 is 5.91. The van der Waals surface area contributed by atoms with E-state index in [1.54, 1.807) is 0 Å². The van der Waals surface area contributed by atoms with Gasteiger partial charge in [-0.1, -0.05) is 37.3 Å². The van der Waals surface area contributed by atoms with Gasteiger partial charge in [-0.2, -0.15) is 0 Å². The summed E-state index contributed by atoms with van der Waals surface area (Å²) in [5.41, 5.74) is 0.638. The Bertz CT molecular complexity index is 378. The van der Waals surface area contributed by atoms with Gasteiger partial charge in [-0.05, 0) is 31.7 Å². The van der Waals surface area contributed by atoms with Crippen LogP contribution in [0.1, 0.15) is 38.7 Å². The first-order valence-corrected chi connectivity index (χ1v) is 7.26. The quantitative estimate of drug-likeness (QED) is 0.757. The van der Waals surface area contributed by atoms with Crippen molar-refractivity contribution in [3.63, 3.8) is 0 Å². The van der Waals surface area contributed by atoms with E-state index in [1.165, 1.54) is 12.8 Å². The average Bonchev–Trinajstić information content (AvgIpc) is 3.28. The maximum absolute atomic E-state index is 9.95. The molecule has 0 saturated heterocycles. The maximum Gasteiger partial charge on any atom is 0.0908 e. The molecule has 1 fully saturated rings. The number of hydrogen-bond acceptors (Lipinski definition) is 3. The first-order chi connectivity index (χ1) is 9.20. The van der Waals surface area contributed by atoms with E-state index in [1.807, 2.05) is 18.2 Å². The zero-order valence-electron chi connectivity index (χ0n) is 11.9. The Hall–Kier alpha value is -0.900. The van der Waals surface area contributed by atoms with Crippen molar-refractivity contribution in [2.24, 2.45) is 0 Å². The van der Waals surface area contributed by atoms with Crippen LogP contribution in [0.2, 0.25) is 0 Å². The van der Waals surface area contributed by atoms with E-state index in [0.717, 1.165) is 12.0 Å². The van der Waals surface area contributed by atoms with E-state index in [9.17, 15) is 5.11 Å². The smallest absolute Gasteiger partial charge is 0.0908 e. The topological polar surface area (TPSA) is 41.5 Å². The first kappa shape index (κ1) is 14.5. The minimum atomic E-state index is -0.466. The summed E-state index contributed by atoms with van der Waals surface area (Å²) in [5, 5.41) is 13.5. The molecule has 0 spiro atoms. The summed E-state index contributed by atoms with van der Waals surface area (Å²) in [5.74, 6) is 0. The number of nitrogens with one attached hydrogen (secondary N) is 1. The summed E-state index contributed by atoms with van der Waals surface area (Å²) in [6.07, 6.45) is 3.59. The highest BCUT2D eigenvalue weighted by Gasteiger charge is 2.37. The number of rotatable bonds is 8. The van der Waals surface area contributed by atoms with E-state index < -0.39 is 5.54 Å². The molecular formula is C16H25NO2. The molecule has 1 aromatic carbocycles. The lowest BCUT2D eigenvalue weighted by molar-refractivity contribution is -0.00654. The summed E-state index contributed by atoms with van der Waals surface area (Å²) in [6, 6.07) is 10.7. The molecule has 0 radical (unpaired) electrons. The number of hydrogen-bond donors (Lipinski definition) is 2. The normalized spacial score (nSPS) is 19.9. The fourth-order valence-corrected chi connectivity index (χ4v) is 2.17. The van der Waals surface area contributed by atoms with Crippen LogP contribution in [0, 0.1) is 0 Å². The first-order valence-electron chi connectivity index (χ1n) is 7.26. The summed E-state index contributed by atoms with van der Waals surface area (Å²) in [6.45, 7) is 4.76. The molecule has 1 aliphatic carbocycles. The Balaban J connectivity index is 2.15. The van der Waals surface area contributed by atoms with Crippen LogP contribution in [0.15, 0.2) is 30.3 Å². The molecule has 106 valence electrons. The van der Waals surface area contributed by atoms with Gasteiger partial charge in [-0.3, -0.25) is 0 Å². The Kier molecular flexibility index (Phi) is 4.97. The van der Waals surface area contributed by atoms with Crippen LogP contribution in [0.4, 0.5) is 0 Å². The fraction of sp³-hybridized carbons (Fsp3) is 0.625. The van der Waals surface area contributed by atoms with E-state index >= 15 is 0 Å². The van der Waals surface area contributed by atoms with E-state index in [4.69, 9.17) is 4.74 Å². The van der Waals surface area contributed by atoms with Crippen molar-refractivity contribution < 1.29 is 9.84 Å². The third-order valence-corrected chi connectivity index (χ3v) is 3.84. The van der Waals surface area contributed by atoms with Gasteiger partial charge in [0.2, 0.25) is 0 Å². The Morgan fingerprint density at radius 3 is 2.58 bits per heavy atom. The SMILES string of the molecule is CCC(C)OCC(CO)(NC1CC1)c1ccccc1. The molecule has 0 aliphatic heterocycles. The van der Waals surface area contributed by atoms with Gasteiger partial charge in [0.15, 0.2) is 0 Å². The highest BCUT2D eigenvalue weighted by Crippen LogP contribution is 2.29. The van der Waals surface area contributed by atoms with Gasteiger partial charge in [0.1, 0.15) is 0 Å². The Morgan fingerprint density at radius 1 is 1.37 bits per heavy atom. The molecule has 2 unspecified atom stereocenters. The summed E-state index contributed by atoms with van der Waals surface area (Å²) in [7, 11) is 0. The second-order valence-corrected chi connectivity index (χ2v) is 5.55. The van der Waals surface area contributed by atoms with Gasteiger partial charge in [0.05, 0.1) is 24.9 Å². The molecule has 0 bridgehead atoms. The lowest BCUT2D eigenvalue weighted by atomic mass is 9.91. The minimum absolute atomic E-state index is 0.0595. The number of aliphatic hydroxyl groups is 1. The third-order valence-electron chi connectivity index (χ3n) is 3.84. The van der Waals surface area contributed by atoms with Crippen molar-refractivity contribution in [1.82, 2.24) is 5.32 Å². The molecule has 2 rings (SSSR count). The molecule has 0 amide bonds. The minimum Gasteiger partial charge on any atom is -0.394 e. The van der Waals surface area contributed by atoms with E-state index in [0.29, 0.717) is 12.6 Å². The zero-order chi connectivity index (χ0) is 13.7. The fourth-order valence-electron chi connectivity index (χ4n) is 2.17.